The largest absolute Gasteiger partial charge is 0.303 e. The fraction of sp³-hybridized carbons (Fsp3) is 0.667. The summed E-state index contributed by atoms with van der Waals surface area (Å²) in [4.78, 5) is 9.77. The second-order valence-corrected chi connectivity index (χ2v) is 1.89. The molecule has 0 aromatic carbocycles. The van der Waals surface area contributed by atoms with E-state index in [0.29, 0.717) is 6.42 Å². The number of aldehydes is 1. The molecule has 0 amide bonds. The molecule has 0 spiro atoms. The van der Waals surface area contributed by atoms with Crippen LogP contribution in [0.15, 0.2) is 5.10 Å². The lowest BCUT2D eigenvalue weighted by molar-refractivity contribution is -0.107. The Balaban J connectivity index is 3.14. The monoisotopic (exact) mass is 128 g/mol. The molecule has 0 fully saturated rings. The number of hydrazone groups is 1. The van der Waals surface area contributed by atoms with Crippen molar-refractivity contribution in [2.75, 3.05) is 14.1 Å². The molecule has 0 aromatic rings. The van der Waals surface area contributed by atoms with Gasteiger partial charge in [-0.25, -0.2) is 0 Å². The SMILES string of the molecule is CN(C)/N=C/CCC=O. The molecular weight excluding hydrogens is 116 g/mol. The van der Waals surface area contributed by atoms with Gasteiger partial charge in [-0.3, -0.25) is 0 Å². The van der Waals surface area contributed by atoms with Gasteiger partial charge in [-0.2, -0.15) is 5.10 Å². The van der Waals surface area contributed by atoms with E-state index >= 15 is 0 Å². The van der Waals surface area contributed by atoms with E-state index in [-0.39, 0.29) is 0 Å². The second kappa shape index (κ2) is 5.28. The van der Waals surface area contributed by atoms with Gasteiger partial charge in [0.15, 0.2) is 0 Å². The average Bonchev–Trinajstić information content (AvgIpc) is 1.80. The maximum Gasteiger partial charge on any atom is 0.120 e. The highest BCUT2D eigenvalue weighted by molar-refractivity contribution is 5.62. The van der Waals surface area contributed by atoms with E-state index in [4.69, 9.17) is 0 Å². The first-order valence-electron chi connectivity index (χ1n) is 2.90. The molecule has 0 atom stereocenters. The molecule has 0 rings (SSSR count). The van der Waals surface area contributed by atoms with Crippen LogP contribution in [0.25, 0.3) is 0 Å². The molecule has 0 aromatic heterocycles. The number of hydrogen-bond acceptors (Lipinski definition) is 3. The van der Waals surface area contributed by atoms with E-state index in [2.05, 4.69) is 5.10 Å². The summed E-state index contributed by atoms with van der Waals surface area (Å²) in [5.74, 6) is 0. The van der Waals surface area contributed by atoms with Crippen molar-refractivity contribution in [3.05, 3.63) is 0 Å². The summed E-state index contributed by atoms with van der Waals surface area (Å²) in [5, 5.41) is 5.61. The van der Waals surface area contributed by atoms with Crippen LogP contribution in [0.2, 0.25) is 0 Å². The molecule has 0 saturated heterocycles. The normalized spacial score (nSPS) is 10.0. The third-order valence-corrected chi connectivity index (χ3v) is 0.726. The zero-order valence-electron chi connectivity index (χ0n) is 5.87. The third kappa shape index (κ3) is 7.14. The molecule has 0 aliphatic heterocycles. The van der Waals surface area contributed by atoms with Crippen molar-refractivity contribution in [1.82, 2.24) is 5.01 Å². The van der Waals surface area contributed by atoms with Crippen molar-refractivity contribution in [3.8, 4) is 0 Å². The Labute approximate surface area is 55.4 Å². The van der Waals surface area contributed by atoms with E-state index in [1.165, 1.54) is 0 Å². The lowest BCUT2D eigenvalue weighted by atomic mass is 10.4. The van der Waals surface area contributed by atoms with Gasteiger partial charge in [0.1, 0.15) is 6.29 Å². The van der Waals surface area contributed by atoms with Gasteiger partial charge in [-0.1, -0.05) is 0 Å². The molecule has 52 valence electrons. The van der Waals surface area contributed by atoms with Crippen molar-refractivity contribution in [3.63, 3.8) is 0 Å². The predicted molar refractivity (Wildman–Crippen MR) is 37.5 cm³/mol. The molecule has 0 N–H and O–H groups in total. The minimum absolute atomic E-state index is 0.567. The fourth-order valence-electron chi connectivity index (χ4n) is 0.364. The highest BCUT2D eigenvalue weighted by Gasteiger charge is 1.78. The molecule has 0 aliphatic rings. The summed E-state index contributed by atoms with van der Waals surface area (Å²) in [5.41, 5.74) is 0. The Hall–Kier alpha value is -0.860. The number of rotatable bonds is 4. The molecular formula is C6H12N2O. The zero-order valence-corrected chi connectivity index (χ0v) is 5.87. The molecule has 0 bridgehead atoms. The summed E-state index contributed by atoms with van der Waals surface area (Å²) in [6.45, 7) is 0. The Bertz CT molecular complexity index is 99.2. The van der Waals surface area contributed by atoms with Gasteiger partial charge in [0.2, 0.25) is 0 Å². The van der Waals surface area contributed by atoms with E-state index in [1.807, 2.05) is 14.1 Å². The summed E-state index contributed by atoms with van der Waals surface area (Å²) < 4.78 is 0. The maximum absolute atomic E-state index is 9.77. The number of nitrogens with zero attached hydrogens (tertiary/aromatic N) is 2. The first kappa shape index (κ1) is 8.14. The second-order valence-electron chi connectivity index (χ2n) is 1.89. The zero-order chi connectivity index (χ0) is 7.11. The maximum atomic E-state index is 9.77. The molecule has 0 heterocycles. The molecule has 9 heavy (non-hydrogen) atoms. The van der Waals surface area contributed by atoms with Crippen LogP contribution in [-0.4, -0.2) is 31.6 Å². The van der Waals surface area contributed by atoms with Crippen molar-refractivity contribution in [2.24, 2.45) is 5.10 Å². The highest BCUT2D eigenvalue weighted by atomic mass is 16.1. The van der Waals surface area contributed by atoms with E-state index in [1.54, 1.807) is 11.2 Å². The average molecular weight is 128 g/mol. The van der Waals surface area contributed by atoms with Crippen LogP contribution < -0.4 is 0 Å². The standard InChI is InChI=1S/C6H12N2O/c1-8(2)7-5-3-4-6-9/h5-6H,3-4H2,1-2H3/b7-5+. The number of carbonyl (C=O) groups excluding carboxylic acids is 1. The van der Waals surface area contributed by atoms with E-state index in [9.17, 15) is 4.79 Å². The van der Waals surface area contributed by atoms with Gasteiger partial charge in [-0.05, 0) is 6.42 Å². The van der Waals surface area contributed by atoms with Gasteiger partial charge >= 0.3 is 0 Å². The number of hydrogen-bond donors (Lipinski definition) is 0. The molecule has 0 saturated carbocycles. The molecule has 3 nitrogen and oxygen atoms in total. The first-order valence-corrected chi connectivity index (χ1v) is 2.90. The van der Waals surface area contributed by atoms with Crippen LogP contribution in [0, 0.1) is 0 Å². The Morgan fingerprint density at radius 2 is 2.11 bits per heavy atom. The van der Waals surface area contributed by atoms with Crippen molar-refractivity contribution < 1.29 is 4.79 Å². The predicted octanol–water partition coefficient (Wildman–Crippen LogP) is 0.513. The topological polar surface area (TPSA) is 32.7 Å². The summed E-state index contributed by atoms with van der Waals surface area (Å²) in [6, 6.07) is 0. The Morgan fingerprint density at radius 3 is 2.56 bits per heavy atom. The van der Waals surface area contributed by atoms with Gasteiger partial charge in [0.25, 0.3) is 0 Å². The lowest BCUT2D eigenvalue weighted by Gasteiger charge is -2.00. The van der Waals surface area contributed by atoms with Crippen molar-refractivity contribution in [2.45, 2.75) is 12.8 Å². The van der Waals surface area contributed by atoms with Gasteiger partial charge < -0.3 is 9.80 Å². The van der Waals surface area contributed by atoms with Crippen LogP contribution >= 0.6 is 0 Å². The van der Waals surface area contributed by atoms with Crippen LogP contribution in [0.1, 0.15) is 12.8 Å². The smallest absolute Gasteiger partial charge is 0.120 e. The number of unbranched alkanes of at least 4 members (excludes halogenated alkanes) is 1. The van der Waals surface area contributed by atoms with Crippen molar-refractivity contribution >= 4 is 12.5 Å². The fourth-order valence-corrected chi connectivity index (χ4v) is 0.364. The summed E-state index contributed by atoms with van der Waals surface area (Å²) in [6.07, 6.45) is 3.93. The molecule has 0 radical (unpaired) electrons. The lowest BCUT2D eigenvalue weighted by Crippen LogP contribution is -2.01. The quantitative estimate of drug-likeness (QED) is 0.239. The van der Waals surface area contributed by atoms with Crippen LogP contribution in [0.5, 0.6) is 0 Å². The van der Waals surface area contributed by atoms with Gasteiger partial charge in [0.05, 0.1) is 0 Å². The minimum Gasteiger partial charge on any atom is -0.303 e. The number of carbonyl (C=O) groups is 1. The molecule has 3 heteroatoms. The van der Waals surface area contributed by atoms with Crippen LogP contribution in [0.4, 0.5) is 0 Å². The van der Waals surface area contributed by atoms with E-state index < -0.39 is 0 Å². The summed E-state index contributed by atoms with van der Waals surface area (Å²) in [7, 11) is 3.69. The third-order valence-electron chi connectivity index (χ3n) is 0.726. The first-order chi connectivity index (χ1) is 4.27. The van der Waals surface area contributed by atoms with Crippen LogP contribution in [-0.2, 0) is 4.79 Å². The van der Waals surface area contributed by atoms with E-state index in [0.717, 1.165) is 12.7 Å². The summed E-state index contributed by atoms with van der Waals surface area (Å²) >= 11 is 0. The molecule has 0 aliphatic carbocycles. The van der Waals surface area contributed by atoms with Crippen LogP contribution in [0.3, 0.4) is 0 Å². The van der Waals surface area contributed by atoms with Gasteiger partial charge in [-0.15, -0.1) is 0 Å². The molecule has 0 unspecified atom stereocenters. The van der Waals surface area contributed by atoms with Gasteiger partial charge in [0, 0.05) is 26.7 Å². The highest BCUT2D eigenvalue weighted by Crippen LogP contribution is 1.80. The minimum atomic E-state index is 0.567. The Kier molecular flexibility index (Phi) is 4.78. The van der Waals surface area contributed by atoms with Crippen molar-refractivity contribution in [1.29, 1.82) is 0 Å². The Morgan fingerprint density at radius 1 is 1.44 bits per heavy atom.